The molecule has 0 radical (unpaired) electrons. The number of thioether (sulfide) groups is 1. The number of hydrogen-bond donors (Lipinski definition) is 0. The van der Waals surface area contributed by atoms with Gasteiger partial charge in [0, 0.05) is 37.1 Å². The normalized spacial score (nSPS) is 18.0. The topological polar surface area (TPSA) is 71.6 Å². The quantitative estimate of drug-likeness (QED) is 0.278. The highest BCUT2D eigenvalue weighted by Gasteiger charge is 2.31. The Morgan fingerprint density at radius 1 is 1.23 bits per heavy atom. The largest absolute Gasteiger partial charge is 0.366 e. The van der Waals surface area contributed by atoms with Crippen molar-refractivity contribution < 1.29 is 9.72 Å². The molecule has 2 aliphatic heterocycles. The minimum atomic E-state index is -0.303. The summed E-state index contributed by atoms with van der Waals surface area (Å²) < 4.78 is 2.56. The van der Waals surface area contributed by atoms with Crippen LogP contribution in [0.5, 0.6) is 0 Å². The third-order valence-electron chi connectivity index (χ3n) is 5.81. The van der Waals surface area contributed by atoms with E-state index in [0.29, 0.717) is 21.5 Å². The lowest BCUT2D eigenvalue weighted by atomic mass is 10.2. The van der Waals surface area contributed by atoms with Crippen molar-refractivity contribution in [2.24, 2.45) is 0 Å². The summed E-state index contributed by atoms with van der Waals surface area (Å²) in [7, 11) is 0. The van der Waals surface area contributed by atoms with Gasteiger partial charge in [-0.3, -0.25) is 19.8 Å². The van der Waals surface area contributed by atoms with E-state index in [1.807, 2.05) is 49.6 Å². The van der Waals surface area contributed by atoms with Gasteiger partial charge in [0.15, 0.2) is 0 Å². The second-order valence-corrected chi connectivity index (χ2v) is 9.39. The Balaban J connectivity index is 1.73. The van der Waals surface area contributed by atoms with Crippen molar-refractivity contribution in [3.63, 3.8) is 0 Å². The Kier molecular flexibility index (Phi) is 5.90. The highest BCUT2D eigenvalue weighted by molar-refractivity contribution is 8.26. The summed E-state index contributed by atoms with van der Waals surface area (Å²) in [6.07, 6.45) is 3.98. The number of amides is 1. The van der Waals surface area contributed by atoms with Crippen LogP contribution in [0.4, 0.5) is 11.4 Å². The lowest BCUT2D eigenvalue weighted by Crippen LogP contribution is -2.27. The highest BCUT2D eigenvalue weighted by Crippen LogP contribution is 2.36. The number of benzene rings is 1. The van der Waals surface area contributed by atoms with Crippen molar-refractivity contribution in [1.29, 1.82) is 0 Å². The van der Waals surface area contributed by atoms with Crippen LogP contribution < -0.4 is 4.90 Å². The second kappa shape index (κ2) is 8.47. The van der Waals surface area contributed by atoms with Crippen LogP contribution >= 0.6 is 24.0 Å². The van der Waals surface area contributed by atoms with Gasteiger partial charge in [-0.25, -0.2) is 0 Å². The minimum Gasteiger partial charge on any atom is -0.366 e. The maximum Gasteiger partial charge on any atom is 0.294 e. The van der Waals surface area contributed by atoms with Crippen LogP contribution in [-0.4, -0.2) is 44.3 Å². The van der Waals surface area contributed by atoms with E-state index in [2.05, 4.69) is 4.90 Å². The lowest BCUT2D eigenvalue weighted by Gasteiger charge is -2.19. The number of nitrogens with zero attached hydrogens (tertiary/aromatic N) is 4. The number of likely N-dealkylation sites (N-methyl/N-ethyl adjacent to an activating group) is 1. The van der Waals surface area contributed by atoms with Crippen molar-refractivity contribution in [2.75, 3.05) is 24.5 Å². The molecule has 1 aromatic heterocycles. The molecule has 2 fully saturated rings. The summed E-state index contributed by atoms with van der Waals surface area (Å²) in [6, 6.07) is 7.42. The second-order valence-electron chi connectivity index (χ2n) is 7.71. The van der Waals surface area contributed by atoms with Crippen LogP contribution in [0.25, 0.3) is 11.8 Å². The molecule has 0 bridgehead atoms. The summed E-state index contributed by atoms with van der Waals surface area (Å²) >= 11 is 6.61. The van der Waals surface area contributed by atoms with Crippen LogP contribution in [0.15, 0.2) is 29.2 Å². The Morgan fingerprint density at radius 3 is 2.55 bits per heavy atom. The number of nitro benzene ring substituents is 1. The molecule has 1 aromatic carbocycles. The molecule has 2 saturated heterocycles. The van der Waals surface area contributed by atoms with E-state index in [0.717, 1.165) is 48.6 Å². The predicted octanol–water partition coefficient (Wildman–Crippen LogP) is 4.82. The van der Waals surface area contributed by atoms with Gasteiger partial charge in [-0.15, -0.1) is 0 Å². The molecule has 0 saturated carbocycles. The number of rotatable bonds is 5. The smallest absolute Gasteiger partial charge is 0.294 e. The van der Waals surface area contributed by atoms with Gasteiger partial charge in [-0.1, -0.05) is 24.0 Å². The summed E-state index contributed by atoms with van der Waals surface area (Å²) in [5, 5.41) is 11.8. The average molecular weight is 457 g/mol. The monoisotopic (exact) mass is 456 g/mol. The molecule has 7 nitrogen and oxygen atoms in total. The van der Waals surface area contributed by atoms with Gasteiger partial charge in [-0.05, 0) is 63.5 Å². The molecular weight excluding hydrogens is 432 g/mol. The fourth-order valence-corrected chi connectivity index (χ4v) is 5.64. The first-order chi connectivity index (χ1) is 14.8. The molecule has 0 unspecified atom stereocenters. The number of anilines is 1. The summed E-state index contributed by atoms with van der Waals surface area (Å²) in [4.78, 5) is 28.3. The number of carbonyl (C=O) groups is 1. The molecule has 9 heteroatoms. The third-order valence-corrected chi connectivity index (χ3v) is 7.19. The fraction of sp³-hybridized carbons (Fsp3) is 0.364. The van der Waals surface area contributed by atoms with Gasteiger partial charge in [-0.2, -0.15) is 0 Å². The summed E-state index contributed by atoms with van der Waals surface area (Å²) in [6.45, 7) is 8.07. The Labute approximate surface area is 190 Å². The van der Waals surface area contributed by atoms with Crippen LogP contribution in [0, 0.1) is 24.0 Å². The first kappa shape index (κ1) is 21.6. The molecule has 0 N–H and O–H groups in total. The van der Waals surface area contributed by atoms with E-state index in [4.69, 9.17) is 12.2 Å². The van der Waals surface area contributed by atoms with Crippen molar-refractivity contribution in [2.45, 2.75) is 33.6 Å². The molecule has 0 atom stereocenters. The maximum absolute atomic E-state index is 12.6. The lowest BCUT2D eigenvalue weighted by molar-refractivity contribution is -0.384. The molecule has 3 heterocycles. The van der Waals surface area contributed by atoms with Crippen LogP contribution in [0.1, 0.15) is 36.7 Å². The van der Waals surface area contributed by atoms with Gasteiger partial charge in [0.2, 0.25) is 0 Å². The van der Waals surface area contributed by atoms with Crippen molar-refractivity contribution in [3.05, 3.63) is 56.2 Å². The first-order valence-electron chi connectivity index (χ1n) is 10.3. The van der Waals surface area contributed by atoms with E-state index < -0.39 is 0 Å². The van der Waals surface area contributed by atoms with E-state index >= 15 is 0 Å². The van der Waals surface area contributed by atoms with E-state index in [1.165, 1.54) is 11.8 Å². The zero-order valence-electron chi connectivity index (χ0n) is 17.8. The number of hydrogen-bond acceptors (Lipinski definition) is 6. The average Bonchev–Trinajstić information content (AvgIpc) is 3.42. The number of thiocarbonyl (C=S) groups is 1. The van der Waals surface area contributed by atoms with Crippen molar-refractivity contribution >= 4 is 51.7 Å². The van der Waals surface area contributed by atoms with Gasteiger partial charge in [0.25, 0.3) is 11.6 Å². The number of aryl methyl sites for hydroxylation is 1. The Morgan fingerprint density at radius 2 is 1.94 bits per heavy atom. The zero-order chi connectivity index (χ0) is 22.3. The predicted molar refractivity (Wildman–Crippen MR) is 129 cm³/mol. The fourth-order valence-electron chi connectivity index (χ4n) is 4.27. The molecule has 2 aliphatic rings. The number of carbonyl (C=O) groups excluding carboxylic acids is 1. The molecule has 4 rings (SSSR count). The van der Waals surface area contributed by atoms with Crippen LogP contribution in [0.2, 0.25) is 0 Å². The van der Waals surface area contributed by atoms with E-state index in [1.54, 1.807) is 11.0 Å². The molecule has 0 aliphatic carbocycles. The molecular formula is C22H24N4O3S2. The highest BCUT2D eigenvalue weighted by atomic mass is 32.2. The SMILES string of the molecule is CCN1C(=O)/C(=C/c2cc(C)n(-c3ccc(N4CCCC4)c([N+](=O)[O-])c3)c2C)SC1=S. The van der Waals surface area contributed by atoms with Crippen LogP contribution in [0.3, 0.4) is 0 Å². The third kappa shape index (κ3) is 3.87. The first-order valence-corrected chi connectivity index (χ1v) is 11.5. The van der Waals surface area contributed by atoms with Gasteiger partial charge in [0.05, 0.1) is 15.5 Å². The molecule has 1 amide bonds. The zero-order valence-corrected chi connectivity index (χ0v) is 19.4. The summed E-state index contributed by atoms with van der Waals surface area (Å²) in [5.74, 6) is -0.0760. The van der Waals surface area contributed by atoms with Gasteiger partial charge >= 0.3 is 0 Å². The summed E-state index contributed by atoms with van der Waals surface area (Å²) in [5.41, 5.74) is 4.31. The maximum atomic E-state index is 12.6. The standard InChI is InChI=1S/C22H24N4O3S2/c1-4-24-21(27)20(31-22(24)30)12-16-11-14(2)25(15(16)3)17-7-8-18(19(13-17)26(28)29)23-9-5-6-10-23/h7-8,11-13H,4-6,9-10H2,1-3H3/b20-12-. The van der Waals surface area contributed by atoms with Crippen LogP contribution in [-0.2, 0) is 4.79 Å². The minimum absolute atomic E-state index is 0.0760. The molecule has 31 heavy (non-hydrogen) atoms. The Bertz CT molecular complexity index is 1120. The molecule has 162 valence electrons. The van der Waals surface area contributed by atoms with Gasteiger partial charge in [0.1, 0.15) is 10.0 Å². The van der Waals surface area contributed by atoms with E-state index in [9.17, 15) is 14.9 Å². The van der Waals surface area contributed by atoms with Crippen molar-refractivity contribution in [3.8, 4) is 5.69 Å². The molecule has 0 spiro atoms. The molecule has 2 aromatic rings. The number of aromatic nitrogens is 1. The number of nitro groups is 1. The van der Waals surface area contributed by atoms with Gasteiger partial charge < -0.3 is 9.47 Å². The van der Waals surface area contributed by atoms with Crippen molar-refractivity contribution in [1.82, 2.24) is 9.47 Å². The van der Waals surface area contributed by atoms with E-state index in [-0.39, 0.29) is 16.5 Å². The Hall–Kier alpha value is -2.65.